The number of non-ortho nitro benzene ring substituents is 1. The Morgan fingerprint density at radius 1 is 1.12 bits per heavy atom. The number of hydrogen-bond acceptors (Lipinski definition) is 5. The average Bonchev–Trinajstić information content (AvgIpc) is 2.60. The Hall–Kier alpha value is -3.29. The molecule has 126 valence electrons. The monoisotopic (exact) mass is 331 g/mol. The third kappa shape index (κ3) is 4.13. The van der Waals surface area contributed by atoms with E-state index in [4.69, 9.17) is 9.47 Å². The fourth-order valence-electron chi connectivity index (χ4n) is 2.09. The number of urea groups is 1. The van der Waals surface area contributed by atoms with Gasteiger partial charge < -0.3 is 20.1 Å². The number of nitro benzene ring substituents is 1. The number of anilines is 1. The maximum Gasteiger partial charge on any atom is 0.319 e. The van der Waals surface area contributed by atoms with Gasteiger partial charge in [-0.15, -0.1) is 0 Å². The third-order valence-corrected chi connectivity index (χ3v) is 3.28. The molecule has 8 nitrogen and oxygen atoms in total. The van der Waals surface area contributed by atoms with Crippen LogP contribution in [0.1, 0.15) is 5.56 Å². The molecular formula is C16H17N3O5. The van der Waals surface area contributed by atoms with Gasteiger partial charge in [0.2, 0.25) is 0 Å². The molecule has 0 atom stereocenters. The van der Waals surface area contributed by atoms with E-state index in [0.29, 0.717) is 11.4 Å². The number of hydrogen-bond donors (Lipinski definition) is 2. The van der Waals surface area contributed by atoms with Crippen LogP contribution in [0.5, 0.6) is 11.5 Å². The number of para-hydroxylation sites is 1. The second-order valence-electron chi connectivity index (χ2n) is 4.76. The summed E-state index contributed by atoms with van der Waals surface area (Å²) < 4.78 is 10.3. The number of amides is 2. The number of nitro groups is 1. The van der Waals surface area contributed by atoms with Gasteiger partial charge in [-0.25, -0.2) is 4.79 Å². The predicted molar refractivity (Wildman–Crippen MR) is 88.5 cm³/mol. The number of nitrogens with one attached hydrogen (secondary N) is 2. The lowest BCUT2D eigenvalue weighted by atomic mass is 10.2. The number of carbonyl (C=O) groups excluding carboxylic acids is 1. The zero-order valence-electron chi connectivity index (χ0n) is 13.2. The molecule has 0 aliphatic heterocycles. The number of nitrogens with zero attached hydrogens (tertiary/aromatic N) is 1. The zero-order valence-corrected chi connectivity index (χ0v) is 13.2. The number of rotatable bonds is 6. The zero-order chi connectivity index (χ0) is 17.5. The van der Waals surface area contributed by atoms with E-state index >= 15 is 0 Å². The summed E-state index contributed by atoms with van der Waals surface area (Å²) in [6.45, 7) is 0.269. The summed E-state index contributed by atoms with van der Waals surface area (Å²) in [6, 6.07) is 10.8. The van der Waals surface area contributed by atoms with Crippen molar-refractivity contribution in [3.8, 4) is 11.5 Å². The molecular weight excluding hydrogens is 314 g/mol. The fraction of sp³-hybridized carbons (Fsp3) is 0.188. The molecule has 0 unspecified atom stereocenters. The molecule has 0 radical (unpaired) electrons. The second-order valence-corrected chi connectivity index (χ2v) is 4.76. The molecule has 0 bridgehead atoms. The van der Waals surface area contributed by atoms with Crippen LogP contribution >= 0.6 is 0 Å². The quantitative estimate of drug-likeness (QED) is 0.626. The van der Waals surface area contributed by atoms with Crippen LogP contribution in [0.3, 0.4) is 0 Å². The highest BCUT2D eigenvalue weighted by atomic mass is 16.6. The summed E-state index contributed by atoms with van der Waals surface area (Å²) in [5, 5.41) is 16.0. The van der Waals surface area contributed by atoms with Crippen molar-refractivity contribution in [3.05, 3.63) is 58.1 Å². The molecule has 24 heavy (non-hydrogen) atoms. The standard InChI is InChI=1S/C16H17N3O5/c1-23-14-6-4-3-5-11(14)10-17-16(20)18-13-8-7-12(19(21)22)9-15(13)24-2/h3-9H,10H2,1-2H3,(H2,17,18,20). The fourth-order valence-corrected chi connectivity index (χ4v) is 2.09. The molecule has 0 aromatic heterocycles. The molecule has 2 rings (SSSR count). The summed E-state index contributed by atoms with van der Waals surface area (Å²) >= 11 is 0. The number of benzene rings is 2. The predicted octanol–water partition coefficient (Wildman–Crippen LogP) is 2.93. The van der Waals surface area contributed by atoms with Gasteiger partial charge in [0, 0.05) is 18.2 Å². The molecule has 2 N–H and O–H groups in total. The normalized spacial score (nSPS) is 9.92. The van der Waals surface area contributed by atoms with Crippen molar-refractivity contribution < 1.29 is 19.2 Å². The number of carbonyl (C=O) groups is 1. The van der Waals surface area contributed by atoms with Gasteiger partial charge in [-0.3, -0.25) is 10.1 Å². The van der Waals surface area contributed by atoms with Gasteiger partial charge in [0.25, 0.3) is 5.69 Å². The van der Waals surface area contributed by atoms with Gasteiger partial charge in [-0.1, -0.05) is 18.2 Å². The molecule has 0 aliphatic rings. The highest BCUT2D eigenvalue weighted by Crippen LogP contribution is 2.28. The van der Waals surface area contributed by atoms with Crippen molar-refractivity contribution in [2.24, 2.45) is 0 Å². The van der Waals surface area contributed by atoms with Gasteiger partial charge in [0.05, 0.1) is 30.9 Å². The third-order valence-electron chi connectivity index (χ3n) is 3.28. The first-order valence-corrected chi connectivity index (χ1v) is 7.04. The Kier molecular flexibility index (Phi) is 5.56. The SMILES string of the molecule is COc1ccccc1CNC(=O)Nc1ccc([N+](=O)[O-])cc1OC. The summed E-state index contributed by atoms with van der Waals surface area (Å²) in [6.07, 6.45) is 0. The van der Waals surface area contributed by atoms with Crippen LogP contribution in [-0.2, 0) is 6.54 Å². The first-order chi connectivity index (χ1) is 11.5. The molecule has 2 aromatic carbocycles. The molecule has 0 saturated carbocycles. The minimum atomic E-state index is -0.534. The van der Waals surface area contributed by atoms with Crippen molar-refractivity contribution in [1.82, 2.24) is 5.32 Å². The summed E-state index contributed by atoms with van der Waals surface area (Å²) in [5.74, 6) is 0.877. The van der Waals surface area contributed by atoms with E-state index in [-0.39, 0.29) is 18.0 Å². The van der Waals surface area contributed by atoms with E-state index in [1.807, 2.05) is 18.2 Å². The molecule has 8 heteroatoms. The van der Waals surface area contributed by atoms with Crippen LogP contribution in [0, 0.1) is 10.1 Å². The van der Waals surface area contributed by atoms with Gasteiger partial charge in [0.1, 0.15) is 11.5 Å². The van der Waals surface area contributed by atoms with Crippen LogP contribution in [0.4, 0.5) is 16.2 Å². The van der Waals surface area contributed by atoms with Gasteiger partial charge in [-0.05, 0) is 12.1 Å². The van der Waals surface area contributed by atoms with Crippen molar-refractivity contribution >= 4 is 17.4 Å². The van der Waals surface area contributed by atoms with Crippen molar-refractivity contribution in [1.29, 1.82) is 0 Å². The summed E-state index contributed by atoms with van der Waals surface area (Å²) in [7, 11) is 2.93. The Morgan fingerprint density at radius 3 is 2.50 bits per heavy atom. The molecule has 2 amide bonds. The lowest BCUT2D eigenvalue weighted by Gasteiger charge is -2.12. The van der Waals surface area contributed by atoms with Crippen LogP contribution in [-0.4, -0.2) is 25.2 Å². The van der Waals surface area contributed by atoms with Crippen molar-refractivity contribution in [2.75, 3.05) is 19.5 Å². The maximum absolute atomic E-state index is 12.0. The lowest BCUT2D eigenvalue weighted by Crippen LogP contribution is -2.28. The topological polar surface area (TPSA) is 103 Å². The van der Waals surface area contributed by atoms with Crippen molar-refractivity contribution in [2.45, 2.75) is 6.54 Å². The molecule has 0 heterocycles. The molecule has 2 aromatic rings. The van der Waals surface area contributed by atoms with Crippen LogP contribution < -0.4 is 20.1 Å². The van der Waals surface area contributed by atoms with Gasteiger partial charge in [-0.2, -0.15) is 0 Å². The van der Waals surface area contributed by atoms with Gasteiger partial charge in [0.15, 0.2) is 0 Å². The van der Waals surface area contributed by atoms with E-state index in [1.54, 1.807) is 13.2 Å². The highest BCUT2D eigenvalue weighted by molar-refractivity contribution is 5.91. The van der Waals surface area contributed by atoms with E-state index in [2.05, 4.69) is 10.6 Å². The molecule has 0 saturated heterocycles. The number of methoxy groups -OCH3 is 2. The van der Waals surface area contributed by atoms with Crippen LogP contribution in [0.25, 0.3) is 0 Å². The second kappa shape index (κ2) is 7.82. The first-order valence-electron chi connectivity index (χ1n) is 7.04. The lowest BCUT2D eigenvalue weighted by molar-refractivity contribution is -0.384. The maximum atomic E-state index is 12.0. The Balaban J connectivity index is 2.03. The van der Waals surface area contributed by atoms with Crippen LogP contribution in [0.15, 0.2) is 42.5 Å². The summed E-state index contributed by atoms with van der Waals surface area (Å²) in [5.41, 5.74) is 1.04. The number of ether oxygens (including phenoxy) is 2. The molecule has 0 fully saturated rings. The Morgan fingerprint density at radius 2 is 1.83 bits per heavy atom. The molecule has 0 spiro atoms. The Labute approximate surface area is 138 Å². The van der Waals surface area contributed by atoms with E-state index in [1.165, 1.54) is 25.3 Å². The van der Waals surface area contributed by atoms with E-state index in [0.717, 1.165) is 5.56 Å². The van der Waals surface area contributed by atoms with Gasteiger partial charge >= 0.3 is 6.03 Å². The van der Waals surface area contributed by atoms with Crippen molar-refractivity contribution in [3.63, 3.8) is 0 Å². The van der Waals surface area contributed by atoms with E-state index < -0.39 is 11.0 Å². The van der Waals surface area contributed by atoms with Crippen LogP contribution in [0.2, 0.25) is 0 Å². The van der Waals surface area contributed by atoms with E-state index in [9.17, 15) is 14.9 Å². The molecule has 0 aliphatic carbocycles. The average molecular weight is 331 g/mol. The Bertz CT molecular complexity index is 748. The highest BCUT2D eigenvalue weighted by Gasteiger charge is 2.13. The minimum Gasteiger partial charge on any atom is -0.496 e. The smallest absolute Gasteiger partial charge is 0.319 e. The largest absolute Gasteiger partial charge is 0.496 e. The minimum absolute atomic E-state index is 0.119. The first kappa shape index (κ1) is 17.1. The summed E-state index contributed by atoms with van der Waals surface area (Å²) in [4.78, 5) is 22.2.